The first-order valence-corrected chi connectivity index (χ1v) is 18.0. The lowest BCUT2D eigenvalue weighted by Gasteiger charge is -2.36. The molecule has 3 aliphatic rings. The van der Waals surface area contributed by atoms with E-state index in [9.17, 15) is 13.6 Å². The quantitative estimate of drug-likeness (QED) is 0.147. The maximum atomic E-state index is 13.8. The Hall–Kier alpha value is -2.53. The fourth-order valence-electron chi connectivity index (χ4n) is 6.90. The number of hydrogen-bond donors (Lipinski definition) is 1. The second-order valence-corrected chi connectivity index (χ2v) is 12.4. The molecule has 2 aliphatic carbocycles. The minimum atomic E-state index is -2.60. The van der Waals surface area contributed by atoms with E-state index in [1.54, 1.807) is 0 Å². The van der Waals surface area contributed by atoms with Crippen molar-refractivity contribution in [2.24, 2.45) is 17.8 Å². The lowest BCUT2D eigenvalue weighted by Crippen LogP contribution is -2.27. The molecule has 0 bridgehead atoms. The van der Waals surface area contributed by atoms with Crippen LogP contribution in [0.5, 0.6) is 0 Å². The second-order valence-electron chi connectivity index (χ2n) is 12.4. The normalized spacial score (nSPS) is 19.8. The molecule has 3 unspecified atom stereocenters. The molecular formula is C40H62F2N2O. The third kappa shape index (κ3) is 11.6. The largest absolute Gasteiger partial charge is 0.344 e. The van der Waals surface area contributed by atoms with Crippen LogP contribution >= 0.6 is 0 Å². The third-order valence-corrected chi connectivity index (χ3v) is 9.27. The average molecular weight is 625 g/mol. The number of carbonyl (C=O) groups is 1. The number of nitrogens with zero attached hydrogens (tertiary/aromatic N) is 1. The smallest absolute Gasteiger partial charge is 0.248 e. The zero-order valence-corrected chi connectivity index (χ0v) is 29.4. The average Bonchev–Trinajstić information content (AvgIpc) is 3.49. The Morgan fingerprint density at radius 2 is 1.69 bits per heavy atom. The molecule has 0 radical (unpaired) electrons. The van der Waals surface area contributed by atoms with Crippen molar-refractivity contribution in [1.29, 1.82) is 0 Å². The molecular weight excluding hydrogens is 562 g/mol. The molecule has 5 heteroatoms. The summed E-state index contributed by atoms with van der Waals surface area (Å²) in [5, 5.41) is 3.34. The van der Waals surface area contributed by atoms with Crippen molar-refractivity contribution in [2.45, 2.75) is 131 Å². The van der Waals surface area contributed by atoms with E-state index in [1.165, 1.54) is 53.7 Å². The molecule has 1 heterocycles. The number of hydrogen-bond acceptors (Lipinski definition) is 3. The maximum Gasteiger partial charge on any atom is 0.248 e. The van der Waals surface area contributed by atoms with Crippen molar-refractivity contribution in [3.63, 3.8) is 0 Å². The first-order chi connectivity index (χ1) is 21.8. The molecule has 0 amide bonds. The number of aldehydes is 1. The van der Waals surface area contributed by atoms with Gasteiger partial charge in [0.2, 0.25) is 5.92 Å². The van der Waals surface area contributed by atoms with E-state index in [1.807, 2.05) is 27.7 Å². The molecule has 45 heavy (non-hydrogen) atoms. The van der Waals surface area contributed by atoms with Gasteiger partial charge in [-0.2, -0.15) is 0 Å². The number of alkyl halides is 2. The van der Waals surface area contributed by atoms with Crippen molar-refractivity contribution < 1.29 is 13.6 Å². The molecule has 0 saturated heterocycles. The van der Waals surface area contributed by atoms with Crippen molar-refractivity contribution in [2.75, 3.05) is 13.1 Å². The third-order valence-electron chi connectivity index (χ3n) is 9.27. The van der Waals surface area contributed by atoms with Gasteiger partial charge in [0.15, 0.2) is 0 Å². The summed E-state index contributed by atoms with van der Waals surface area (Å²) in [6.45, 7) is 15.3. The summed E-state index contributed by atoms with van der Waals surface area (Å²) in [5.74, 6) is -2.10. The Bertz CT molecular complexity index is 1110. The summed E-state index contributed by atoms with van der Waals surface area (Å²) in [6, 6.07) is 9.47. The van der Waals surface area contributed by atoms with E-state index >= 15 is 0 Å². The van der Waals surface area contributed by atoms with Crippen molar-refractivity contribution in [3.05, 3.63) is 82.7 Å². The van der Waals surface area contributed by atoms with Gasteiger partial charge in [-0.1, -0.05) is 110 Å². The van der Waals surface area contributed by atoms with E-state index in [2.05, 4.69) is 78.8 Å². The molecule has 4 rings (SSSR count). The number of benzene rings is 1. The van der Waals surface area contributed by atoms with Crippen LogP contribution in [-0.4, -0.2) is 30.2 Å². The van der Waals surface area contributed by atoms with Crippen molar-refractivity contribution in [1.82, 2.24) is 10.2 Å². The van der Waals surface area contributed by atoms with Crippen molar-refractivity contribution in [3.8, 4) is 0 Å². The highest BCUT2D eigenvalue weighted by Gasteiger charge is 2.36. The maximum absolute atomic E-state index is 13.8. The summed E-state index contributed by atoms with van der Waals surface area (Å²) in [7, 11) is 0. The van der Waals surface area contributed by atoms with Gasteiger partial charge in [0.1, 0.15) is 6.29 Å². The van der Waals surface area contributed by atoms with E-state index in [0.29, 0.717) is 37.1 Å². The zero-order chi connectivity index (χ0) is 33.2. The van der Waals surface area contributed by atoms with Crippen LogP contribution in [0.15, 0.2) is 71.6 Å². The summed E-state index contributed by atoms with van der Waals surface area (Å²) in [5.41, 5.74) is 6.63. The number of carbonyl (C=O) groups excluding carboxylic acids is 1. The van der Waals surface area contributed by atoms with Crippen LogP contribution in [0.2, 0.25) is 0 Å². The lowest BCUT2D eigenvalue weighted by atomic mass is 9.79. The molecule has 0 saturated carbocycles. The van der Waals surface area contributed by atoms with Gasteiger partial charge in [-0.3, -0.25) is 0 Å². The van der Waals surface area contributed by atoms with Crippen LogP contribution in [0, 0.1) is 17.8 Å². The Labute approximate surface area is 274 Å². The van der Waals surface area contributed by atoms with Crippen LogP contribution in [0.3, 0.4) is 0 Å². The minimum absolute atomic E-state index is 0.293. The molecule has 1 aromatic rings. The summed E-state index contributed by atoms with van der Waals surface area (Å²) < 4.78 is 27.7. The fraction of sp³-hybridized carbons (Fsp3) is 0.625. The second kappa shape index (κ2) is 20.6. The van der Waals surface area contributed by atoms with Crippen LogP contribution in [0.4, 0.5) is 8.78 Å². The molecule has 0 fully saturated rings. The topological polar surface area (TPSA) is 32.3 Å². The Morgan fingerprint density at radius 3 is 2.27 bits per heavy atom. The highest BCUT2D eigenvalue weighted by molar-refractivity contribution is 5.49. The Balaban J connectivity index is 0.00000169. The summed E-state index contributed by atoms with van der Waals surface area (Å²) in [4.78, 5) is 13.1. The summed E-state index contributed by atoms with van der Waals surface area (Å²) >= 11 is 0. The highest BCUT2D eigenvalue weighted by atomic mass is 19.3. The predicted octanol–water partition coefficient (Wildman–Crippen LogP) is 11.1. The molecule has 3 atom stereocenters. The Kier molecular flexibility index (Phi) is 17.7. The fourth-order valence-corrected chi connectivity index (χ4v) is 6.90. The van der Waals surface area contributed by atoms with Crippen LogP contribution in [0.1, 0.15) is 130 Å². The SMILES string of the molecule is CC.CC.CCCC(CCC)CC(c1ccc(CCNCCC=O)cc1)N1C=CC2CC(C3=CCC(C(C)(F)F)CC3)=CC=C21. The van der Waals surface area contributed by atoms with Gasteiger partial charge >= 0.3 is 0 Å². The van der Waals surface area contributed by atoms with Gasteiger partial charge in [-0.05, 0) is 86.3 Å². The Morgan fingerprint density at radius 1 is 1.00 bits per heavy atom. The van der Waals surface area contributed by atoms with Gasteiger partial charge in [0.25, 0.3) is 0 Å². The molecule has 3 nitrogen and oxygen atoms in total. The van der Waals surface area contributed by atoms with Crippen molar-refractivity contribution >= 4 is 6.29 Å². The van der Waals surface area contributed by atoms with Gasteiger partial charge in [-0.25, -0.2) is 8.78 Å². The molecule has 1 aliphatic heterocycles. The standard InChI is InChI=1S/C36H50F2N2O.2C2H6/c1-4-7-28(8-5-2)25-35(30-11-9-27(10-12-30)19-22-39-21-6-24-41)40-23-20-32-26-31(15-18-34(32)40)29-13-16-33(17-14-29)36(3,37)38;2*1-2/h9-13,15,18,20,23-24,28,32-33,35,39H,4-8,14,16-17,19,21-22,25-26H2,1-3H3;2*1-2H3. The zero-order valence-electron chi connectivity index (χ0n) is 29.4. The van der Waals surface area contributed by atoms with E-state index < -0.39 is 11.8 Å². The minimum Gasteiger partial charge on any atom is -0.344 e. The number of halogens is 2. The van der Waals surface area contributed by atoms with Crippen LogP contribution in [0.25, 0.3) is 0 Å². The highest BCUT2D eigenvalue weighted by Crippen LogP contribution is 2.45. The molecule has 0 aromatic heterocycles. The monoisotopic (exact) mass is 624 g/mol. The van der Waals surface area contributed by atoms with Gasteiger partial charge < -0.3 is 15.0 Å². The van der Waals surface area contributed by atoms with E-state index in [0.717, 1.165) is 52.0 Å². The number of fused-ring (bicyclic) bond motifs is 1. The van der Waals surface area contributed by atoms with E-state index in [4.69, 9.17) is 0 Å². The number of nitrogens with one attached hydrogen (secondary N) is 1. The lowest BCUT2D eigenvalue weighted by molar-refractivity contribution is -0.107. The van der Waals surface area contributed by atoms with Crippen LogP contribution in [-0.2, 0) is 11.2 Å². The molecule has 0 spiro atoms. The predicted molar refractivity (Wildman–Crippen MR) is 188 cm³/mol. The van der Waals surface area contributed by atoms with Crippen LogP contribution < -0.4 is 5.32 Å². The van der Waals surface area contributed by atoms with E-state index in [-0.39, 0.29) is 0 Å². The summed E-state index contributed by atoms with van der Waals surface area (Å²) in [6.07, 6.45) is 22.6. The van der Waals surface area contributed by atoms with Gasteiger partial charge in [-0.15, -0.1) is 0 Å². The number of rotatable bonds is 16. The van der Waals surface area contributed by atoms with Gasteiger partial charge in [0.05, 0.1) is 6.04 Å². The number of allylic oxidation sites excluding steroid dienone is 6. The molecule has 252 valence electrons. The first-order valence-electron chi connectivity index (χ1n) is 18.0. The molecule has 1 N–H and O–H groups in total. The van der Waals surface area contributed by atoms with Gasteiger partial charge in [0, 0.05) is 36.7 Å². The first kappa shape index (κ1) is 38.7. The molecule has 1 aromatic carbocycles.